The maximum atomic E-state index is 13.4. The average molecular weight is 396 g/mol. The van der Waals surface area contributed by atoms with Gasteiger partial charge in [-0.3, -0.25) is 5.73 Å². The molecule has 0 radical (unpaired) electrons. The molecule has 5 rings (SSSR count). The lowest BCUT2D eigenvalue weighted by Gasteiger charge is -2.54. The second kappa shape index (κ2) is 7.90. The van der Waals surface area contributed by atoms with Crippen LogP contribution < -0.4 is 5.73 Å². The minimum atomic E-state index is -1.83. The number of carbonyl (C=O) groups excluding carboxylic acids is 1. The molecule has 0 saturated carbocycles. The molecular weight excluding hydrogens is 364 g/mol. The number of piperidine rings is 3. The Bertz CT molecular complexity index is 792. The number of hydrogen-bond acceptors (Lipinski definition) is 4. The van der Waals surface area contributed by atoms with Crippen molar-refractivity contribution in [2.75, 3.05) is 19.6 Å². The van der Waals surface area contributed by atoms with Gasteiger partial charge in [-0.2, -0.15) is 0 Å². The second-order valence-corrected chi connectivity index (χ2v) is 8.55. The monoisotopic (exact) mass is 395 g/mol. The van der Waals surface area contributed by atoms with Crippen molar-refractivity contribution >= 4 is 5.97 Å². The third kappa shape index (κ3) is 3.48. The van der Waals surface area contributed by atoms with Crippen LogP contribution in [0.25, 0.3) is 0 Å². The van der Waals surface area contributed by atoms with Crippen molar-refractivity contribution in [3.8, 4) is 0 Å². The summed E-state index contributed by atoms with van der Waals surface area (Å²) in [6.07, 6.45) is 2.80. The standard InChI is InChI=1S/C24H31N2O3/c1-2-22(25)26-15-13-18(14-16-26)21(17-26)29-23(27)24(28,19-9-5-3-6-10-19)20-11-7-4-8-12-20/h3-12,18,21-22,28H,2,13-17,25H2,1H3/q+1/t18?,21-,22?,26?/m0/s1. The summed E-state index contributed by atoms with van der Waals surface area (Å²) < 4.78 is 6.88. The molecule has 0 aromatic heterocycles. The molecule has 0 amide bonds. The highest BCUT2D eigenvalue weighted by atomic mass is 16.6. The Morgan fingerprint density at radius 3 is 2.10 bits per heavy atom. The summed E-state index contributed by atoms with van der Waals surface area (Å²) in [5.41, 5.74) is 5.67. The molecule has 3 aliphatic rings. The third-order valence-corrected chi connectivity index (χ3v) is 7.02. The molecule has 3 saturated heterocycles. The molecule has 1 unspecified atom stereocenters. The Balaban J connectivity index is 1.63. The zero-order valence-corrected chi connectivity index (χ0v) is 17.0. The van der Waals surface area contributed by atoms with Gasteiger partial charge >= 0.3 is 5.97 Å². The molecule has 3 heterocycles. The number of hydrogen-bond donors (Lipinski definition) is 2. The van der Waals surface area contributed by atoms with E-state index in [4.69, 9.17) is 10.5 Å². The van der Waals surface area contributed by atoms with Crippen LogP contribution in [0.3, 0.4) is 0 Å². The van der Waals surface area contributed by atoms with Gasteiger partial charge in [-0.25, -0.2) is 4.79 Å². The molecule has 0 aliphatic carbocycles. The SMILES string of the molecule is CCC(N)[N+]12CCC(CC1)[C@@H](OC(=O)C(O)(c1ccccc1)c1ccccc1)C2. The lowest BCUT2D eigenvalue weighted by molar-refractivity contribution is -0.968. The van der Waals surface area contributed by atoms with Crippen LogP contribution in [0.4, 0.5) is 0 Å². The molecule has 0 spiro atoms. The van der Waals surface area contributed by atoms with E-state index in [2.05, 4.69) is 6.92 Å². The average Bonchev–Trinajstić information content (AvgIpc) is 2.79. The van der Waals surface area contributed by atoms with E-state index in [9.17, 15) is 9.90 Å². The molecule has 5 nitrogen and oxygen atoms in total. The Labute approximate surface area is 172 Å². The summed E-state index contributed by atoms with van der Waals surface area (Å²) >= 11 is 0. The number of benzene rings is 2. The van der Waals surface area contributed by atoms with Crippen molar-refractivity contribution in [1.29, 1.82) is 0 Å². The highest BCUT2D eigenvalue weighted by Crippen LogP contribution is 2.39. The Morgan fingerprint density at radius 1 is 1.10 bits per heavy atom. The van der Waals surface area contributed by atoms with Gasteiger partial charge in [0.2, 0.25) is 5.60 Å². The zero-order valence-electron chi connectivity index (χ0n) is 17.0. The second-order valence-electron chi connectivity index (χ2n) is 8.55. The molecule has 154 valence electrons. The molecule has 3 fully saturated rings. The quantitative estimate of drug-likeness (QED) is 0.583. The molecule has 3 N–H and O–H groups in total. The van der Waals surface area contributed by atoms with Crippen LogP contribution in [0, 0.1) is 5.92 Å². The number of ether oxygens (including phenoxy) is 1. The van der Waals surface area contributed by atoms with E-state index in [0.717, 1.165) is 43.4 Å². The van der Waals surface area contributed by atoms with E-state index in [-0.39, 0.29) is 12.3 Å². The van der Waals surface area contributed by atoms with Gasteiger partial charge in [-0.15, -0.1) is 0 Å². The van der Waals surface area contributed by atoms with Crippen molar-refractivity contribution in [3.63, 3.8) is 0 Å². The van der Waals surface area contributed by atoms with Crippen molar-refractivity contribution in [3.05, 3.63) is 71.8 Å². The van der Waals surface area contributed by atoms with Crippen LogP contribution in [0.15, 0.2) is 60.7 Å². The third-order valence-electron chi connectivity index (χ3n) is 7.02. The van der Waals surface area contributed by atoms with Gasteiger partial charge < -0.3 is 14.3 Å². The number of carbonyl (C=O) groups is 1. The van der Waals surface area contributed by atoms with Crippen molar-refractivity contribution in [2.45, 2.75) is 44.1 Å². The number of fused-ring (bicyclic) bond motifs is 3. The number of quaternary nitrogens is 1. The highest BCUT2D eigenvalue weighted by molar-refractivity contribution is 5.85. The summed E-state index contributed by atoms with van der Waals surface area (Å²) in [4.78, 5) is 13.4. The predicted octanol–water partition coefficient (Wildman–Crippen LogP) is 2.77. The summed E-state index contributed by atoms with van der Waals surface area (Å²) in [5.74, 6) is -0.254. The van der Waals surface area contributed by atoms with E-state index in [1.54, 1.807) is 24.3 Å². The summed E-state index contributed by atoms with van der Waals surface area (Å²) in [7, 11) is 0. The molecule has 2 aromatic carbocycles. The van der Waals surface area contributed by atoms with Gasteiger partial charge in [0, 0.05) is 25.2 Å². The Morgan fingerprint density at radius 2 is 1.62 bits per heavy atom. The summed E-state index contributed by atoms with van der Waals surface area (Å²) in [6.45, 7) is 4.96. The molecule has 3 aliphatic heterocycles. The molecule has 5 heteroatoms. The topological polar surface area (TPSA) is 72.5 Å². The maximum absolute atomic E-state index is 13.4. The fourth-order valence-corrected chi connectivity index (χ4v) is 5.14. The van der Waals surface area contributed by atoms with Crippen molar-refractivity contribution < 1.29 is 19.1 Å². The lowest BCUT2D eigenvalue weighted by Crippen LogP contribution is -2.70. The summed E-state index contributed by atoms with van der Waals surface area (Å²) in [6, 6.07) is 18.1. The van der Waals surface area contributed by atoms with Gasteiger partial charge in [0.05, 0.1) is 13.1 Å². The normalized spacial score (nSPS) is 27.4. The number of nitrogens with zero attached hydrogens (tertiary/aromatic N) is 1. The fourth-order valence-electron chi connectivity index (χ4n) is 5.14. The van der Waals surface area contributed by atoms with Gasteiger partial charge in [-0.1, -0.05) is 67.6 Å². The van der Waals surface area contributed by atoms with E-state index in [1.807, 2.05) is 36.4 Å². The highest BCUT2D eigenvalue weighted by Gasteiger charge is 2.52. The molecule has 2 bridgehead atoms. The van der Waals surface area contributed by atoms with Gasteiger partial charge in [0.25, 0.3) is 0 Å². The maximum Gasteiger partial charge on any atom is 0.348 e. The first-order valence-corrected chi connectivity index (χ1v) is 10.7. The molecular formula is C24H31N2O3+. The fraction of sp³-hybridized carbons (Fsp3) is 0.458. The van der Waals surface area contributed by atoms with E-state index < -0.39 is 11.6 Å². The summed E-state index contributed by atoms with van der Waals surface area (Å²) in [5, 5.41) is 11.6. The first-order valence-electron chi connectivity index (χ1n) is 10.7. The van der Waals surface area contributed by atoms with Crippen molar-refractivity contribution in [2.24, 2.45) is 11.7 Å². The smallest absolute Gasteiger partial charge is 0.348 e. The van der Waals surface area contributed by atoms with Crippen LogP contribution in [-0.4, -0.2) is 47.5 Å². The van der Waals surface area contributed by atoms with Crippen molar-refractivity contribution in [1.82, 2.24) is 0 Å². The van der Waals surface area contributed by atoms with Gasteiger partial charge in [-0.05, 0) is 11.1 Å². The Kier molecular flexibility index (Phi) is 5.47. The Hall–Kier alpha value is -2.21. The van der Waals surface area contributed by atoms with Crippen LogP contribution in [0.1, 0.15) is 37.3 Å². The first kappa shape index (κ1) is 20.1. The molecule has 2 atom stereocenters. The lowest BCUT2D eigenvalue weighted by atomic mass is 9.82. The first-order chi connectivity index (χ1) is 14.0. The van der Waals surface area contributed by atoms with Crippen LogP contribution >= 0.6 is 0 Å². The van der Waals surface area contributed by atoms with E-state index in [0.29, 0.717) is 17.0 Å². The van der Waals surface area contributed by atoms with Crippen LogP contribution in [0.5, 0.6) is 0 Å². The number of rotatable bonds is 6. The molecule has 29 heavy (non-hydrogen) atoms. The van der Waals surface area contributed by atoms with Gasteiger partial charge in [0.1, 0.15) is 12.7 Å². The van der Waals surface area contributed by atoms with Crippen LogP contribution in [0.2, 0.25) is 0 Å². The number of nitrogens with two attached hydrogens (primary N) is 1. The zero-order chi connectivity index (χ0) is 20.5. The van der Waals surface area contributed by atoms with Gasteiger partial charge in [0.15, 0.2) is 6.10 Å². The van der Waals surface area contributed by atoms with Crippen LogP contribution in [-0.2, 0) is 15.1 Å². The van der Waals surface area contributed by atoms with E-state index in [1.165, 1.54) is 0 Å². The minimum absolute atomic E-state index is 0.0691. The largest absolute Gasteiger partial charge is 0.453 e. The predicted molar refractivity (Wildman–Crippen MR) is 112 cm³/mol. The number of aliphatic hydroxyl groups is 1. The molecule has 2 aromatic rings. The number of esters is 1. The minimum Gasteiger partial charge on any atom is -0.453 e. The van der Waals surface area contributed by atoms with E-state index >= 15 is 0 Å².